The van der Waals surface area contributed by atoms with Crippen LogP contribution in [0.15, 0.2) is 16.6 Å². The molecule has 2 fully saturated rings. The first-order chi connectivity index (χ1) is 9.57. The molecule has 2 N–H and O–H groups in total. The Morgan fingerprint density at radius 1 is 1.20 bits per heavy atom. The molecular weight excluding hydrogens is 322 g/mol. The van der Waals surface area contributed by atoms with Crippen LogP contribution < -0.4 is 14.8 Å². The summed E-state index contributed by atoms with van der Waals surface area (Å²) >= 11 is 3.51. The van der Waals surface area contributed by atoms with Gasteiger partial charge >= 0.3 is 0 Å². The van der Waals surface area contributed by atoms with Crippen molar-refractivity contribution in [2.24, 2.45) is 0 Å². The van der Waals surface area contributed by atoms with Crippen LogP contribution in [0.4, 0.5) is 0 Å². The number of benzene rings is 1. The first kappa shape index (κ1) is 14.2. The van der Waals surface area contributed by atoms with Gasteiger partial charge in [-0.05, 0) is 53.7 Å². The molecular formula is C15H20BrNO3. The minimum atomic E-state index is -0.822. The Morgan fingerprint density at radius 3 is 2.40 bits per heavy atom. The van der Waals surface area contributed by atoms with Crippen molar-refractivity contribution in [1.29, 1.82) is 0 Å². The van der Waals surface area contributed by atoms with Gasteiger partial charge in [-0.15, -0.1) is 0 Å². The molecule has 1 aromatic carbocycles. The van der Waals surface area contributed by atoms with Crippen molar-refractivity contribution >= 4 is 15.9 Å². The van der Waals surface area contributed by atoms with Crippen LogP contribution in [0.1, 0.15) is 31.2 Å². The van der Waals surface area contributed by atoms with Gasteiger partial charge in [0.15, 0.2) is 0 Å². The fraction of sp³-hybridized carbons (Fsp3) is 0.600. The lowest BCUT2D eigenvalue weighted by molar-refractivity contribution is -0.0133. The third-order valence-corrected chi connectivity index (χ3v) is 5.24. The van der Waals surface area contributed by atoms with Crippen molar-refractivity contribution in [1.82, 2.24) is 5.32 Å². The predicted molar refractivity (Wildman–Crippen MR) is 80.3 cm³/mol. The van der Waals surface area contributed by atoms with Gasteiger partial charge in [-0.3, -0.25) is 0 Å². The lowest BCUT2D eigenvalue weighted by Gasteiger charge is -2.38. The Bertz CT molecular complexity index is 508. The molecule has 2 saturated heterocycles. The van der Waals surface area contributed by atoms with Crippen LogP contribution in [0.25, 0.3) is 0 Å². The number of nitrogens with one attached hydrogen (secondary N) is 1. The fourth-order valence-corrected chi connectivity index (χ4v) is 4.27. The Labute approximate surface area is 127 Å². The zero-order valence-electron chi connectivity index (χ0n) is 11.8. The lowest BCUT2D eigenvalue weighted by Crippen LogP contribution is -2.46. The van der Waals surface area contributed by atoms with Crippen LogP contribution in [0.3, 0.4) is 0 Å². The van der Waals surface area contributed by atoms with E-state index in [-0.39, 0.29) is 0 Å². The van der Waals surface area contributed by atoms with Crippen molar-refractivity contribution in [2.45, 2.75) is 43.4 Å². The van der Waals surface area contributed by atoms with Gasteiger partial charge in [0.2, 0.25) is 0 Å². The maximum atomic E-state index is 11.1. The molecule has 0 spiro atoms. The van der Waals surface area contributed by atoms with Gasteiger partial charge in [0.25, 0.3) is 0 Å². The van der Waals surface area contributed by atoms with Crippen LogP contribution in [-0.2, 0) is 5.60 Å². The van der Waals surface area contributed by atoms with Crippen LogP contribution in [-0.4, -0.2) is 31.4 Å². The van der Waals surface area contributed by atoms with Crippen LogP contribution in [0.5, 0.6) is 11.5 Å². The van der Waals surface area contributed by atoms with Crippen molar-refractivity contribution in [3.63, 3.8) is 0 Å². The number of fused-ring (bicyclic) bond motifs is 2. The number of hydrogen-bond donors (Lipinski definition) is 2. The summed E-state index contributed by atoms with van der Waals surface area (Å²) in [4.78, 5) is 0. The van der Waals surface area contributed by atoms with E-state index in [0.29, 0.717) is 23.6 Å². The standard InChI is InChI=1S/C15H20BrNO3/c1-19-12-6-5-11(14(20-2)13(12)16)15(18)7-9-3-4-10(8-15)17-9/h5-6,9-10,17-18H,3-4,7-8H2,1-2H3. The van der Waals surface area contributed by atoms with E-state index in [1.165, 1.54) is 0 Å². The van der Waals surface area contributed by atoms with E-state index in [2.05, 4.69) is 21.2 Å². The highest BCUT2D eigenvalue weighted by Crippen LogP contribution is 2.47. The summed E-state index contributed by atoms with van der Waals surface area (Å²) in [5, 5.41) is 14.7. The molecule has 0 aromatic heterocycles. The first-order valence-corrected chi connectivity index (χ1v) is 7.76. The van der Waals surface area contributed by atoms with Crippen molar-refractivity contribution in [2.75, 3.05) is 14.2 Å². The van der Waals surface area contributed by atoms with Gasteiger partial charge in [-0.1, -0.05) is 0 Å². The molecule has 3 rings (SSSR count). The van der Waals surface area contributed by atoms with E-state index in [0.717, 1.165) is 35.7 Å². The SMILES string of the molecule is COc1ccc(C2(O)CC3CCC(C2)N3)c(OC)c1Br. The Morgan fingerprint density at radius 2 is 1.85 bits per heavy atom. The average molecular weight is 342 g/mol. The molecule has 20 heavy (non-hydrogen) atoms. The van der Waals surface area contributed by atoms with Gasteiger partial charge < -0.3 is 19.9 Å². The average Bonchev–Trinajstić information content (AvgIpc) is 2.78. The summed E-state index contributed by atoms with van der Waals surface area (Å²) < 4.78 is 11.6. The second-order valence-electron chi connectivity index (χ2n) is 5.74. The van der Waals surface area contributed by atoms with E-state index >= 15 is 0 Å². The third-order valence-electron chi connectivity index (χ3n) is 4.49. The van der Waals surface area contributed by atoms with Crippen molar-refractivity contribution in [3.05, 3.63) is 22.2 Å². The maximum Gasteiger partial charge on any atom is 0.142 e. The van der Waals surface area contributed by atoms with E-state index in [9.17, 15) is 5.11 Å². The Balaban J connectivity index is 2.03. The molecule has 0 saturated carbocycles. The minimum Gasteiger partial charge on any atom is -0.495 e. The number of rotatable bonds is 3. The van der Waals surface area contributed by atoms with Gasteiger partial charge in [-0.25, -0.2) is 0 Å². The topological polar surface area (TPSA) is 50.7 Å². The molecule has 110 valence electrons. The predicted octanol–water partition coefficient (Wildman–Crippen LogP) is 2.57. The van der Waals surface area contributed by atoms with Crippen LogP contribution in [0, 0.1) is 0 Å². The van der Waals surface area contributed by atoms with Gasteiger partial charge in [0, 0.05) is 17.6 Å². The molecule has 0 aliphatic carbocycles. The number of piperidine rings is 1. The highest BCUT2D eigenvalue weighted by atomic mass is 79.9. The largest absolute Gasteiger partial charge is 0.495 e. The summed E-state index contributed by atoms with van der Waals surface area (Å²) in [7, 11) is 3.25. The summed E-state index contributed by atoms with van der Waals surface area (Å²) in [5.41, 5.74) is 0.0306. The summed E-state index contributed by atoms with van der Waals surface area (Å²) in [6, 6.07) is 4.62. The molecule has 2 atom stereocenters. The van der Waals surface area contributed by atoms with Crippen molar-refractivity contribution < 1.29 is 14.6 Å². The second-order valence-corrected chi connectivity index (χ2v) is 6.53. The molecule has 5 heteroatoms. The van der Waals surface area contributed by atoms with E-state index in [4.69, 9.17) is 9.47 Å². The zero-order chi connectivity index (χ0) is 14.3. The zero-order valence-corrected chi connectivity index (χ0v) is 13.4. The number of ether oxygens (including phenoxy) is 2. The maximum absolute atomic E-state index is 11.1. The monoisotopic (exact) mass is 341 g/mol. The molecule has 2 aliphatic rings. The lowest BCUT2D eigenvalue weighted by atomic mass is 9.81. The summed E-state index contributed by atoms with van der Waals surface area (Å²) in [6.45, 7) is 0. The molecule has 0 amide bonds. The van der Waals surface area contributed by atoms with E-state index < -0.39 is 5.60 Å². The van der Waals surface area contributed by atoms with Gasteiger partial charge in [0.05, 0.1) is 19.8 Å². The fourth-order valence-electron chi connectivity index (χ4n) is 3.60. The normalized spacial score (nSPS) is 32.2. The van der Waals surface area contributed by atoms with E-state index in [1.54, 1.807) is 14.2 Å². The number of methoxy groups -OCH3 is 2. The second kappa shape index (κ2) is 5.20. The van der Waals surface area contributed by atoms with Gasteiger partial charge in [-0.2, -0.15) is 0 Å². The molecule has 2 aliphatic heterocycles. The molecule has 4 nitrogen and oxygen atoms in total. The summed E-state index contributed by atoms with van der Waals surface area (Å²) in [6.07, 6.45) is 3.76. The van der Waals surface area contributed by atoms with Crippen LogP contribution in [0.2, 0.25) is 0 Å². The Kier molecular flexibility index (Phi) is 3.69. The molecule has 2 bridgehead atoms. The number of hydrogen-bond acceptors (Lipinski definition) is 4. The molecule has 0 radical (unpaired) electrons. The van der Waals surface area contributed by atoms with E-state index in [1.807, 2.05) is 12.1 Å². The minimum absolute atomic E-state index is 0.407. The summed E-state index contributed by atoms with van der Waals surface area (Å²) in [5.74, 6) is 1.39. The quantitative estimate of drug-likeness (QED) is 0.887. The Hall–Kier alpha value is -0.780. The number of halogens is 1. The van der Waals surface area contributed by atoms with Crippen LogP contribution >= 0.6 is 15.9 Å². The molecule has 1 aromatic rings. The highest BCUT2D eigenvalue weighted by molar-refractivity contribution is 9.10. The number of aliphatic hydroxyl groups is 1. The highest BCUT2D eigenvalue weighted by Gasteiger charge is 2.45. The third kappa shape index (κ3) is 2.22. The van der Waals surface area contributed by atoms with Gasteiger partial charge in [0.1, 0.15) is 16.0 Å². The van der Waals surface area contributed by atoms with Crippen molar-refractivity contribution in [3.8, 4) is 11.5 Å². The first-order valence-electron chi connectivity index (χ1n) is 6.97. The smallest absolute Gasteiger partial charge is 0.142 e. The molecule has 2 unspecified atom stereocenters. The molecule has 2 heterocycles.